The zero-order valence-electron chi connectivity index (χ0n) is 26.1. The zero-order valence-corrected chi connectivity index (χ0v) is 26.9. The van der Waals surface area contributed by atoms with Crippen molar-refractivity contribution in [3.8, 4) is 11.1 Å². The van der Waals surface area contributed by atoms with Crippen molar-refractivity contribution in [2.45, 2.75) is 70.9 Å². The Morgan fingerprint density at radius 1 is 1.13 bits per heavy atom. The number of hydrogen-bond acceptors (Lipinski definition) is 7. The number of aromatic nitrogens is 3. The molecule has 2 aromatic carbocycles. The van der Waals surface area contributed by atoms with E-state index in [1.54, 1.807) is 24.0 Å². The lowest BCUT2D eigenvalue weighted by Gasteiger charge is -2.40. The molecule has 0 spiro atoms. The highest BCUT2D eigenvalue weighted by Crippen LogP contribution is 2.44. The van der Waals surface area contributed by atoms with Gasteiger partial charge in [-0.25, -0.2) is 14.4 Å². The van der Waals surface area contributed by atoms with Crippen LogP contribution in [0.25, 0.3) is 11.1 Å². The third-order valence-corrected chi connectivity index (χ3v) is 9.87. The van der Waals surface area contributed by atoms with Crippen molar-refractivity contribution in [2.75, 3.05) is 18.5 Å². The molecular weight excluding hydrogens is 605 g/mol. The number of rotatable bonds is 11. The van der Waals surface area contributed by atoms with E-state index in [-0.39, 0.29) is 29.4 Å². The van der Waals surface area contributed by atoms with E-state index in [4.69, 9.17) is 9.47 Å². The molecule has 2 unspecified atom stereocenters. The van der Waals surface area contributed by atoms with Gasteiger partial charge in [-0.3, -0.25) is 14.9 Å². The van der Waals surface area contributed by atoms with Gasteiger partial charge in [0.2, 0.25) is 0 Å². The fraction of sp³-hybridized carbons (Fsp3) is 0.371. The van der Waals surface area contributed by atoms with Crippen LogP contribution in [-0.2, 0) is 39.2 Å². The smallest absolute Gasteiger partial charge is 0.255 e. The van der Waals surface area contributed by atoms with Crippen LogP contribution in [0.2, 0.25) is 0 Å². The molecule has 1 N–H and O–H groups in total. The molecule has 11 heteroatoms. The summed E-state index contributed by atoms with van der Waals surface area (Å²) in [5.74, 6) is -1.29. The Morgan fingerprint density at radius 3 is 2.59 bits per heavy atom. The molecule has 7 rings (SSSR count). The van der Waals surface area contributed by atoms with Crippen LogP contribution in [0.15, 0.2) is 66.0 Å². The first kappa shape index (κ1) is 30.5. The molecule has 9 nitrogen and oxygen atoms in total. The molecule has 238 valence electrons. The second kappa shape index (κ2) is 12.2. The number of nitrogens with zero attached hydrogens (tertiary/aromatic N) is 4. The Hall–Kier alpha value is -4.19. The minimum absolute atomic E-state index is 0.0288. The summed E-state index contributed by atoms with van der Waals surface area (Å²) < 4.78 is 29.3. The zero-order chi connectivity index (χ0) is 32.0. The summed E-state index contributed by atoms with van der Waals surface area (Å²) >= 11 is 1.29. The lowest BCUT2D eigenvalue weighted by molar-refractivity contribution is -0.121. The van der Waals surface area contributed by atoms with E-state index in [9.17, 15) is 9.59 Å². The van der Waals surface area contributed by atoms with Crippen molar-refractivity contribution in [1.82, 2.24) is 19.4 Å². The third kappa shape index (κ3) is 5.36. The van der Waals surface area contributed by atoms with Crippen LogP contribution in [0.3, 0.4) is 0 Å². The van der Waals surface area contributed by atoms with E-state index < -0.39 is 23.7 Å². The second-order valence-electron chi connectivity index (χ2n) is 12.2. The van der Waals surface area contributed by atoms with E-state index in [0.717, 1.165) is 48.2 Å². The number of carbonyl (C=O) groups is 2. The van der Waals surface area contributed by atoms with E-state index in [2.05, 4.69) is 40.4 Å². The number of hydrogen-bond donors (Lipinski definition) is 1. The van der Waals surface area contributed by atoms with Crippen molar-refractivity contribution in [3.63, 3.8) is 0 Å². The van der Waals surface area contributed by atoms with Crippen LogP contribution in [0.4, 0.5) is 9.52 Å². The van der Waals surface area contributed by atoms with Gasteiger partial charge in [-0.2, -0.15) is 0 Å². The summed E-state index contributed by atoms with van der Waals surface area (Å²) in [4.78, 5) is 37.9. The predicted molar refractivity (Wildman–Crippen MR) is 173 cm³/mol. The fourth-order valence-corrected chi connectivity index (χ4v) is 7.45. The Bertz CT molecular complexity index is 1810. The van der Waals surface area contributed by atoms with Crippen LogP contribution in [0.5, 0.6) is 0 Å². The van der Waals surface area contributed by atoms with Crippen molar-refractivity contribution in [3.05, 3.63) is 99.8 Å². The van der Waals surface area contributed by atoms with E-state index in [0.29, 0.717) is 29.6 Å². The van der Waals surface area contributed by atoms with E-state index in [1.807, 2.05) is 30.5 Å². The molecule has 2 atom stereocenters. The standard InChI is InChI=1S/C35H36FN5O4S/c1-4-44-33(45-5-2)23-17-35(3,18-23)24-10-8-21(9-11-24)22-15-25-26(27(36)16-22)19-41(32(25)43)30(31(42)39-34-37-12-14-46-34)29-28-7-6-13-40(28)20-38-29/h8-12,14-17,20,30,33H,4-7,13,18-19H2,1-3H3,(H,37,39,42). The summed E-state index contributed by atoms with van der Waals surface area (Å²) in [7, 11) is 0. The van der Waals surface area contributed by atoms with E-state index >= 15 is 4.39 Å². The molecule has 1 aliphatic carbocycles. The molecule has 2 aromatic heterocycles. The molecule has 3 aliphatic rings. The predicted octanol–water partition coefficient (Wildman–Crippen LogP) is 6.41. The maximum absolute atomic E-state index is 15.8. The van der Waals surface area contributed by atoms with Gasteiger partial charge in [-0.1, -0.05) is 37.3 Å². The number of amides is 2. The van der Waals surface area contributed by atoms with Crippen LogP contribution in [0, 0.1) is 5.82 Å². The molecule has 46 heavy (non-hydrogen) atoms. The lowest BCUT2D eigenvalue weighted by atomic mass is 9.67. The SMILES string of the molecule is CCOC(OCC)C1=CC(C)(c2ccc(-c3cc(F)c4c(c3)C(=O)N(C(C(=O)Nc3nccs3)c3ncn5c3CCC5)C4)cc2)C1. The Kier molecular flexibility index (Phi) is 8.08. The van der Waals surface area contributed by atoms with Gasteiger partial charge in [-0.15, -0.1) is 11.3 Å². The van der Waals surface area contributed by atoms with Gasteiger partial charge in [0.05, 0.1) is 18.6 Å². The molecule has 4 heterocycles. The topological polar surface area (TPSA) is 98.6 Å². The quantitative estimate of drug-likeness (QED) is 0.150. The molecule has 0 bridgehead atoms. The Morgan fingerprint density at radius 2 is 1.89 bits per heavy atom. The molecule has 0 fully saturated rings. The van der Waals surface area contributed by atoms with Gasteiger partial charge in [0.25, 0.3) is 11.8 Å². The van der Waals surface area contributed by atoms with Crippen LogP contribution < -0.4 is 5.32 Å². The number of anilines is 1. The summed E-state index contributed by atoms with van der Waals surface area (Å²) in [6, 6.07) is 10.2. The maximum Gasteiger partial charge on any atom is 0.255 e. The number of carbonyl (C=O) groups excluding carboxylic acids is 2. The number of fused-ring (bicyclic) bond motifs is 2. The first-order valence-corrected chi connectivity index (χ1v) is 16.6. The number of halogens is 1. The normalized spacial score (nSPS) is 19.2. The molecule has 2 amide bonds. The molecule has 4 aromatic rings. The van der Waals surface area contributed by atoms with Gasteiger partial charge >= 0.3 is 0 Å². The monoisotopic (exact) mass is 641 g/mol. The van der Waals surface area contributed by atoms with Gasteiger partial charge in [-0.05, 0) is 67.5 Å². The Labute approximate surface area is 271 Å². The van der Waals surface area contributed by atoms with E-state index in [1.165, 1.54) is 22.3 Å². The molecule has 0 radical (unpaired) electrons. The molecular formula is C35H36FN5O4S. The van der Waals surface area contributed by atoms with Crippen LogP contribution >= 0.6 is 11.3 Å². The highest BCUT2D eigenvalue weighted by molar-refractivity contribution is 7.13. The minimum atomic E-state index is -1.02. The number of aryl methyl sites for hydroxylation is 1. The molecule has 0 saturated carbocycles. The minimum Gasteiger partial charge on any atom is -0.349 e. The number of imidazole rings is 1. The van der Waals surface area contributed by atoms with Gasteiger partial charge in [0, 0.05) is 53.6 Å². The van der Waals surface area contributed by atoms with Crippen molar-refractivity contribution < 1.29 is 23.5 Å². The molecule has 2 aliphatic heterocycles. The second-order valence-corrected chi connectivity index (χ2v) is 13.0. The summed E-state index contributed by atoms with van der Waals surface area (Å²) in [6.07, 6.45) is 7.73. The van der Waals surface area contributed by atoms with Crippen LogP contribution in [-0.4, -0.2) is 50.8 Å². The largest absolute Gasteiger partial charge is 0.349 e. The van der Waals surface area contributed by atoms with Gasteiger partial charge < -0.3 is 18.9 Å². The Balaban J connectivity index is 1.15. The average Bonchev–Trinajstić information content (AvgIpc) is 3.84. The highest BCUT2D eigenvalue weighted by Gasteiger charge is 2.42. The number of thiazole rings is 1. The first-order chi connectivity index (χ1) is 22.3. The fourth-order valence-electron chi connectivity index (χ4n) is 6.91. The summed E-state index contributed by atoms with van der Waals surface area (Å²) in [6.45, 7) is 8.04. The van der Waals surface area contributed by atoms with Crippen molar-refractivity contribution in [1.29, 1.82) is 0 Å². The third-order valence-electron chi connectivity index (χ3n) is 9.18. The number of allylic oxidation sites excluding steroid dienone is 1. The number of nitrogens with one attached hydrogen (secondary N) is 1. The molecule has 0 saturated heterocycles. The number of benzene rings is 2. The first-order valence-electron chi connectivity index (χ1n) is 15.7. The lowest BCUT2D eigenvalue weighted by Crippen LogP contribution is -2.38. The average molecular weight is 642 g/mol. The summed E-state index contributed by atoms with van der Waals surface area (Å²) in [5, 5.41) is 5.03. The van der Waals surface area contributed by atoms with Crippen molar-refractivity contribution >= 4 is 28.3 Å². The van der Waals surface area contributed by atoms with Crippen LogP contribution in [0.1, 0.15) is 72.5 Å². The van der Waals surface area contributed by atoms with Crippen molar-refractivity contribution in [2.24, 2.45) is 0 Å². The van der Waals surface area contributed by atoms with Gasteiger partial charge in [0.15, 0.2) is 17.5 Å². The highest BCUT2D eigenvalue weighted by atomic mass is 32.1. The number of ether oxygens (including phenoxy) is 2. The van der Waals surface area contributed by atoms with Gasteiger partial charge in [0.1, 0.15) is 5.82 Å². The summed E-state index contributed by atoms with van der Waals surface area (Å²) in [5.41, 5.74) is 5.53. The maximum atomic E-state index is 15.8.